The van der Waals surface area contributed by atoms with Crippen molar-refractivity contribution in [3.63, 3.8) is 0 Å². The molecule has 0 aromatic heterocycles. The quantitative estimate of drug-likeness (QED) is 0.634. The van der Waals surface area contributed by atoms with Crippen molar-refractivity contribution < 1.29 is 4.74 Å². The zero-order valence-corrected chi connectivity index (χ0v) is 8.56. The van der Waals surface area contributed by atoms with Crippen molar-refractivity contribution in [3.05, 3.63) is 22.7 Å². The van der Waals surface area contributed by atoms with Gasteiger partial charge in [0.25, 0.3) is 0 Å². The highest BCUT2D eigenvalue weighted by Gasteiger charge is 2.18. The Kier molecular flexibility index (Phi) is 2.08. The Morgan fingerprint density at radius 2 is 2.23 bits per heavy atom. The molecule has 0 amide bonds. The fourth-order valence-electron chi connectivity index (χ4n) is 1.52. The van der Waals surface area contributed by atoms with Crippen LogP contribution in [-0.2, 0) is 0 Å². The van der Waals surface area contributed by atoms with Crippen LogP contribution in [0.5, 0.6) is 5.75 Å². The van der Waals surface area contributed by atoms with E-state index in [-0.39, 0.29) is 0 Å². The second-order valence-electron chi connectivity index (χ2n) is 3.31. The number of likely N-dealkylation sites (N-methyl/N-ethyl adjacent to an activating group) is 1. The molecule has 1 aliphatic rings. The molecule has 3 heteroatoms. The largest absolute Gasteiger partial charge is 0.490 e. The van der Waals surface area contributed by atoms with Crippen LogP contribution in [0.4, 0.5) is 5.69 Å². The van der Waals surface area contributed by atoms with Gasteiger partial charge in [0.2, 0.25) is 0 Å². The first kappa shape index (κ1) is 8.70. The van der Waals surface area contributed by atoms with Gasteiger partial charge in [-0.25, -0.2) is 0 Å². The summed E-state index contributed by atoms with van der Waals surface area (Å²) < 4.78 is 5.50. The topological polar surface area (TPSA) is 12.5 Å². The fraction of sp³-hybridized carbons (Fsp3) is 0.400. The molecule has 0 saturated heterocycles. The highest BCUT2D eigenvalue weighted by molar-refractivity contribution is 6.34. The fourth-order valence-corrected chi connectivity index (χ4v) is 1.82. The molecule has 1 heterocycles. The summed E-state index contributed by atoms with van der Waals surface area (Å²) in [6.07, 6.45) is 0. The second kappa shape index (κ2) is 3.11. The zero-order valence-electron chi connectivity index (χ0n) is 7.80. The lowest BCUT2D eigenvalue weighted by Gasteiger charge is -2.29. The number of nitrogens with zero attached hydrogens (tertiary/aromatic N) is 1. The standard InChI is InChI=1S/C10H12ClNO/c1-7-3-4-8-10(9(7)11)12(2)5-6-13-8/h3-4H,5-6H2,1-2H3. The van der Waals surface area contributed by atoms with Crippen molar-refractivity contribution in [1.29, 1.82) is 0 Å². The third-order valence-corrected chi connectivity index (χ3v) is 2.82. The number of fused-ring (bicyclic) bond motifs is 1. The van der Waals surface area contributed by atoms with Crippen LogP contribution in [0.25, 0.3) is 0 Å². The number of hydrogen-bond acceptors (Lipinski definition) is 2. The smallest absolute Gasteiger partial charge is 0.144 e. The lowest BCUT2D eigenvalue weighted by molar-refractivity contribution is 0.311. The maximum atomic E-state index is 6.18. The van der Waals surface area contributed by atoms with Crippen molar-refractivity contribution >= 4 is 17.3 Å². The average molecular weight is 198 g/mol. The van der Waals surface area contributed by atoms with E-state index >= 15 is 0 Å². The Bertz CT molecular complexity index is 338. The van der Waals surface area contributed by atoms with Gasteiger partial charge in [0.15, 0.2) is 0 Å². The molecule has 0 spiro atoms. The highest BCUT2D eigenvalue weighted by Crippen LogP contribution is 2.39. The van der Waals surface area contributed by atoms with Gasteiger partial charge >= 0.3 is 0 Å². The monoisotopic (exact) mass is 197 g/mol. The minimum atomic E-state index is 0.739. The van der Waals surface area contributed by atoms with E-state index in [1.54, 1.807) is 0 Å². The lowest BCUT2D eigenvalue weighted by Crippen LogP contribution is -2.29. The molecule has 0 aliphatic carbocycles. The highest BCUT2D eigenvalue weighted by atomic mass is 35.5. The molecular formula is C10H12ClNO. The first-order valence-electron chi connectivity index (χ1n) is 4.33. The number of ether oxygens (including phenoxy) is 1. The van der Waals surface area contributed by atoms with Crippen LogP contribution >= 0.6 is 11.6 Å². The summed E-state index contributed by atoms with van der Waals surface area (Å²) in [5.41, 5.74) is 2.12. The van der Waals surface area contributed by atoms with Gasteiger partial charge in [-0.15, -0.1) is 0 Å². The summed E-state index contributed by atoms with van der Waals surface area (Å²) in [6.45, 7) is 3.64. The van der Waals surface area contributed by atoms with Crippen LogP contribution in [0.3, 0.4) is 0 Å². The molecule has 13 heavy (non-hydrogen) atoms. The third-order valence-electron chi connectivity index (χ3n) is 2.34. The summed E-state index contributed by atoms with van der Waals surface area (Å²) in [6, 6.07) is 3.96. The number of anilines is 1. The molecule has 2 rings (SSSR count). The molecule has 0 radical (unpaired) electrons. The van der Waals surface area contributed by atoms with E-state index in [0.29, 0.717) is 0 Å². The number of halogens is 1. The average Bonchev–Trinajstić information content (AvgIpc) is 2.12. The molecule has 0 bridgehead atoms. The molecule has 2 nitrogen and oxygen atoms in total. The van der Waals surface area contributed by atoms with Crippen molar-refractivity contribution in [3.8, 4) is 5.75 Å². The minimum absolute atomic E-state index is 0.739. The lowest BCUT2D eigenvalue weighted by atomic mass is 10.1. The van der Waals surface area contributed by atoms with E-state index in [1.807, 2.05) is 26.1 Å². The predicted octanol–water partition coefficient (Wildman–Crippen LogP) is 2.48. The van der Waals surface area contributed by atoms with Crippen molar-refractivity contribution in [2.75, 3.05) is 25.1 Å². The summed E-state index contributed by atoms with van der Waals surface area (Å²) in [5.74, 6) is 0.893. The molecule has 0 unspecified atom stereocenters. The van der Waals surface area contributed by atoms with E-state index in [4.69, 9.17) is 16.3 Å². The van der Waals surface area contributed by atoms with Crippen LogP contribution in [-0.4, -0.2) is 20.2 Å². The molecular weight excluding hydrogens is 186 g/mol. The maximum absolute atomic E-state index is 6.18. The summed E-state index contributed by atoms with van der Waals surface area (Å²) >= 11 is 6.18. The van der Waals surface area contributed by atoms with Crippen LogP contribution in [0.2, 0.25) is 5.02 Å². The van der Waals surface area contributed by atoms with Crippen molar-refractivity contribution in [2.45, 2.75) is 6.92 Å². The van der Waals surface area contributed by atoms with E-state index < -0.39 is 0 Å². The summed E-state index contributed by atoms with van der Waals surface area (Å²) in [4.78, 5) is 2.13. The van der Waals surface area contributed by atoms with Crippen LogP contribution in [0.1, 0.15) is 5.56 Å². The van der Waals surface area contributed by atoms with E-state index in [0.717, 1.165) is 35.2 Å². The van der Waals surface area contributed by atoms with Crippen LogP contribution in [0, 0.1) is 6.92 Å². The van der Waals surface area contributed by atoms with Gasteiger partial charge in [-0.05, 0) is 18.6 Å². The third kappa shape index (κ3) is 1.35. The van der Waals surface area contributed by atoms with Gasteiger partial charge in [0.1, 0.15) is 12.4 Å². The summed E-state index contributed by atoms with van der Waals surface area (Å²) in [7, 11) is 2.03. The van der Waals surface area contributed by atoms with Crippen LogP contribution in [0.15, 0.2) is 12.1 Å². The van der Waals surface area contributed by atoms with Gasteiger partial charge in [-0.2, -0.15) is 0 Å². The number of rotatable bonds is 0. The molecule has 0 saturated carbocycles. The first-order valence-corrected chi connectivity index (χ1v) is 4.71. The van der Waals surface area contributed by atoms with Gasteiger partial charge in [0.05, 0.1) is 17.3 Å². The Hall–Kier alpha value is -0.890. The molecule has 1 aromatic carbocycles. The number of hydrogen-bond donors (Lipinski definition) is 0. The molecule has 70 valence electrons. The first-order chi connectivity index (χ1) is 6.20. The Morgan fingerprint density at radius 3 is 3.00 bits per heavy atom. The molecule has 0 fully saturated rings. The van der Waals surface area contributed by atoms with Crippen LogP contribution < -0.4 is 9.64 Å². The minimum Gasteiger partial charge on any atom is -0.490 e. The summed E-state index contributed by atoms with van der Waals surface area (Å²) in [5, 5.41) is 0.805. The molecule has 1 aliphatic heterocycles. The predicted molar refractivity (Wildman–Crippen MR) is 55.0 cm³/mol. The van der Waals surface area contributed by atoms with Crippen molar-refractivity contribution in [1.82, 2.24) is 0 Å². The van der Waals surface area contributed by atoms with Gasteiger partial charge in [-0.1, -0.05) is 17.7 Å². The SMILES string of the molecule is Cc1ccc2c(c1Cl)N(C)CCO2. The molecule has 0 atom stereocenters. The Labute approximate surface area is 83.1 Å². The van der Waals surface area contributed by atoms with Gasteiger partial charge in [-0.3, -0.25) is 0 Å². The van der Waals surface area contributed by atoms with Gasteiger partial charge < -0.3 is 9.64 Å². The van der Waals surface area contributed by atoms with Crippen molar-refractivity contribution in [2.24, 2.45) is 0 Å². The van der Waals surface area contributed by atoms with Gasteiger partial charge in [0, 0.05) is 7.05 Å². The normalized spacial score (nSPS) is 15.2. The van der Waals surface area contributed by atoms with E-state index in [1.165, 1.54) is 0 Å². The second-order valence-corrected chi connectivity index (χ2v) is 3.69. The Balaban J connectivity index is 2.58. The van der Waals surface area contributed by atoms with E-state index in [9.17, 15) is 0 Å². The zero-order chi connectivity index (χ0) is 9.42. The Morgan fingerprint density at radius 1 is 1.46 bits per heavy atom. The number of aryl methyl sites for hydroxylation is 1. The number of benzene rings is 1. The molecule has 1 aromatic rings. The molecule has 0 N–H and O–H groups in total. The maximum Gasteiger partial charge on any atom is 0.144 e. The van der Waals surface area contributed by atoms with E-state index in [2.05, 4.69) is 4.90 Å².